The van der Waals surface area contributed by atoms with E-state index in [4.69, 9.17) is 11.1 Å². The molecule has 0 saturated carbocycles. The van der Waals surface area contributed by atoms with Crippen molar-refractivity contribution in [3.05, 3.63) is 59.7 Å². The van der Waals surface area contributed by atoms with E-state index in [1.54, 1.807) is 4.90 Å². The summed E-state index contributed by atoms with van der Waals surface area (Å²) in [6.45, 7) is 2.89. The van der Waals surface area contributed by atoms with Gasteiger partial charge < -0.3 is 15.4 Å². The number of hydrogen-bond acceptors (Lipinski definition) is 4. The molecule has 3 amide bonds. The van der Waals surface area contributed by atoms with E-state index in [9.17, 15) is 9.59 Å². The lowest BCUT2D eigenvalue weighted by Crippen LogP contribution is -2.39. The summed E-state index contributed by atoms with van der Waals surface area (Å²) in [5, 5.41) is 7.45. The number of rotatable bonds is 5. The van der Waals surface area contributed by atoms with Gasteiger partial charge in [0.25, 0.3) is 0 Å². The van der Waals surface area contributed by atoms with Gasteiger partial charge >= 0.3 is 12.1 Å². The van der Waals surface area contributed by atoms with E-state index in [1.807, 2.05) is 55.5 Å². The molecule has 0 spiro atoms. The molecule has 28 heavy (non-hydrogen) atoms. The molecular formula is C21H24N4O3. The lowest BCUT2D eigenvalue weighted by atomic mass is 10.0. The maximum Gasteiger partial charge on any atom is 0.418 e. The second kappa shape index (κ2) is 8.12. The molecule has 7 nitrogen and oxygen atoms in total. The normalized spacial score (nSPS) is 16.4. The molecule has 1 aliphatic rings. The number of ether oxygens (including phenoxy) is 1. The van der Waals surface area contributed by atoms with Gasteiger partial charge in [-0.15, -0.1) is 0 Å². The van der Waals surface area contributed by atoms with Crippen molar-refractivity contribution >= 4 is 18.0 Å². The fourth-order valence-corrected chi connectivity index (χ4v) is 3.33. The SMILES string of the molecule is COC(=O)N1C(=O)N(CCc2ccc(-c3ccc(C(=N)N)cc3)cc2)CC1C. The number of nitrogen functional groups attached to an aromatic ring is 1. The van der Waals surface area contributed by atoms with E-state index in [1.165, 1.54) is 7.11 Å². The van der Waals surface area contributed by atoms with Gasteiger partial charge in [-0.05, 0) is 30.0 Å². The highest BCUT2D eigenvalue weighted by Crippen LogP contribution is 2.22. The van der Waals surface area contributed by atoms with Gasteiger partial charge in [-0.2, -0.15) is 0 Å². The molecule has 1 fully saturated rings. The minimum atomic E-state index is -0.611. The number of amidine groups is 1. The number of carbonyl (C=O) groups excluding carboxylic acids is 2. The number of benzene rings is 2. The van der Waals surface area contributed by atoms with Gasteiger partial charge in [-0.25, -0.2) is 14.5 Å². The largest absolute Gasteiger partial charge is 0.452 e. The Morgan fingerprint density at radius 2 is 1.71 bits per heavy atom. The van der Waals surface area contributed by atoms with Crippen LogP contribution in [0.5, 0.6) is 0 Å². The van der Waals surface area contributed by atoms with E-state index in [2.05, 4.69) is 4.74 Å². The van der Waals surface area contributed by atoms with Crippen LogP contribution in [0, 0.1) is 5.41 Å². The van der Waals surface area contributed by atoms with Crippen molar-refractivity contribution in [2.45, 2.75) is 19.4 Å². The summed E-state index contributed by atoms with van der Waals surface area (Å²) in [6, 6.07) is 15.2. The highest BCUT2D eigenvalue weighted by Gasteiger charge is 2.39. The van der Waals surface area contributed by atoms with Gasteiger partial charge in [0, 0.05) is 18.7 Å². The topological polar surface area (TPSA) is 99.7 Å². The Morgan fingerprint density at radius 1 is 1.14 bits per heavy atom. The molecule has 2 aromatic rings. The van der Waals surface area contributed by atoms with Crippen LogP contribution in [0.4, 0.5) is 9.59 Å². The average Bonchev–Trinajstić information content (AvgIpc) is 2.99. The smallest absolute Gasteiger partial charge is 0.418 e. The second-order valence-corrected chi connectivity index (χ2v) is 6.86. The Hall–Kier alpha value is -3.35. The molecule has 0 radical (unpaired) electrons. The van der Waals surface area contributed by atoms with Crippen molar-refractivity contribution in [2.24, 2.45) is 5.73 Å². The molecule has 1 heterocycles. The van der Waals surface area contributed by atoms with E-state index < -0.39 is 6.09 Å². The summed E-state index contributed by atoms with van der Waals surface area (Å²) in [4.78, 5) is 26.9. The summed E-state index contributed by atoms with van der Waals surface area (Å²) in [5.41, 5.74) is 9.42. The zero-order chi connectivity index (χ0) is 20.3. The second-order valence-electron chi connectivity index (χ2n) is 6.86. The van der Waals surface area contributed by atoms with Crippen LogP contribution in [0.2, 0.25) is 0 Å². The van der Waals surface area contributed by atoms with E-state index in [0.717, 1.165) is 21.6 Å². The fraction of sp³-hybridized carbons (Fsp3) is 0.286. The van der Waals surface area contributed by atoms with Crippen LogP contribution in [0.25, 0.3) is 11.1 Å². The lowest BCUT2D eigenvalue weighted by molar-refractivity contribution is 0.127. The number of nitrogens with two attached hydrogens (primary N) is 1. The Balaban J connectivity index is 1.61. The number of nitrogens with one attached hydrogen (secondary N) is 1. The Morgan fingerprint density at radius 3 is 2.25 bits per heavy atom. The van der Waals surface area contributed by atoms with Gasteiger partial charge in [0.2, 0.25) is 0 Å². The van der Waals surface area contributed by atoms with Crippen molar-refractivity contribution in [1.29, 1.82) is 5.41 Å². The van der Waals surface area contributed by atoms with Crippen LogP contribution in [0.15, 0.2) is 48.5 Å². The predicted molar refractivity (Wildman–Crippen MR) is 107 cm³/mol. The third-order valence-electron chi connectivity index (χ3n) is 4.93. The highest BCUT2D eigenvalue weighted by molar-refractivity contribution is 5.95. The van der Waals surface area contributed by atoms with Gasteiger partial charge in [0.15, 0.2) is 0 Å². The highest BCUT2D eigenvalue weighted by atomic mass is 16.5. The minimum Gasteiger partial charge on any atom is -0.452 e. The third-order valence-corrected chi connectivity index (χ3v) is 4.93. The average molecular weight is 380 g/mol. The van der Waals surface area contributed by atoms with Crippen LogP contribution >= 0.6 is 0 Å². The molecule has 3 N–H and O–H groups in total. The number of urea groups is 1. The van der Waals surface area contributed by atoms with Crippen LogP contribution in [-0.4, -0.2) is 54.0 Å². The Bertz CT molecular complexity index is 878. The number of methoxy groups -OCH3 is 1. The maximum absolute atomic E-state index is 12.4. The first kappa shape index (κ1) is 19.4. The van der Waals surface area contributed by atoms with E-state index in [-0.39, 0.29) is 17.9 Å². The van der Waals surface area contributed by atoms with Gasteiger partial charge in [0.05, 0.1) is 13.2 Å². The first-order valence-electron chi connectivity index (χ1n) is 9.10. The monoisotopic (exact) mass is 380 g/mol. The van der Waals surface area contributed by atoms with Crippen molar-refractivity contribution < 1.29 is 14.3 Å². The standard InChI is InChI=1S/C21H24N4O3/c1-14-13-24(20(26)25(14)21(27)28-2)12-11-15-3-5-16(6-4-15)17-7-9-18(10-8-17)19(22)23/h3-10,14H,11-13H2,1-2H3,(H3,22,23). The molecule has 0 aliphatic carbocycles. The third kappa shape index (κ3) is 3.98. The summed E-state index contributed by atoms with van der Waals surface area (Å²) in [7, 11) is 1.28. The van der Waals surface area contributed by atoms with E-state index in [0.29, 0.717) is 25.1 Å². The quantitative estimate of drug-likeness (QED) is 0.615. The summed E-state index contributed by atoms with van der Waals surface area (Å²) < 4.78 is 4.68. The van der Waals surface area contributed by atoms with Gasteiger partial charge in [0.1, 0.15) is 5.84 Å². The molecule has 1 atom stereocenters. The fourth-order valence-electron chi connectivity index (χ4n) is 3.33. The number of hydrogen-bond donors (Lipinski definition) is 2. The minimum absolute atomic E-state index is 0.0541. The van der Waals surface area contributed by atoms with Crippen molar-refractivity contribution in [1.82, 2.24) is 9.80 Å². The predicted octanol–water partition coefficient (Wildman–Crippen LogP) is 3.07. The Kier molecular flexibility index (Phi) is 5.63. The van der Waals surface area contributed by atoms with Crippen LogP contribution in [0.3, 0.4) is 0 Å². The van der Waals surface area contributed by atoms with E-state index >= 15 is 0 Å². The zero-order valence-electron chi connectivity index (χ0n) is 16.0. The molecule has 146 valence electrons. The Labute approximate surface area is 164 Å². The molecule has 1 unspecified atom stereocenters. The molecule has 7 heteroatoms. The molecule has 2 aromatic carbocycles. The number of imide groups is 1. The van der Waals surface area contributed by atoms with Crippen molar-refractivity contribution in [2.75, 3.05) is 20.2 Å². The molecule has 1 aliphatic heterocycles. The van der Waals surface area contributed by atoms with Gasteiger partial charge in [-0.3, -0.25) is 5.41 Å². The van der Waals surface area contributed by atoms with Crippen LogP contribution in [0.1, 0.15) is 18.1 Å². The molecular weight excluding hydrogens is 356 g/mol. The summed E-state index contributed by atoms with van der Waals surface area (Å²) in [6.07, 6.45) is 0.0944. The van der Waals surface area contributed by atoms with Gasteiger partial charge in [-0.1, -0.05) is 48.5 Å². The van der Waals surface area contributed by atoms with Crippen LogP contribution < -0.4 is 5.73 Å². The summed E-state index contributed by atoms with van der Waals surface area (Å²) >= 11 is 0. The lowest BCUT2D eigenvalue weighted by Gasteiger charge is -2.17. The van der Waals surface area contributed by atoms with Crippen molar-refractivity contribution in [3.63, 3.8) is 0 Å². The van der Waals surface area contributed by atoms with Crippen LogP contribution in [-0.2, 0) is 11.2 Å². The number of carbonyl (C=O) groups is 2. The number of nitrogens with zero attached hydrogens (tertiary/aromatic N) is 2. The number of amides is 3. The molecule has 1 saturated heterocycles. The molecule has 0 aromatic heterocycles. The maximum atomic E-state index is 12.4. The summed E-state index contributed by atoms with van der Waals surface area (Å²) in [5.74, 6) is 0.0541. The first-order valence-corrected chi connectivity index (χ1v) is 9.10. The molecule has 3 rings (SSSR count). The zero-order valence-corrected chi connectivity index (χ0v) is 16.0. The first-order chi connectivity index (χ1) is 13.4. The molecule has 0 bridgehead atoms. The van der Waals surface area contributed by atoms with Crippen molar-refractivity contribution in [3.8, 4) is 11.1 Å².